The molecule has 0 bridgehead atoms. The fraction of sp³-hybridized carbons (Fsp3) is 0.200. The number of hydrogen-bond acceptors (Lipinski definition) is 3. The maximum Gasteiger partial charge on any atom is 0.160 e. The Kier molecular flexibility index (Phi) is 5.25. The van der Waals surface area contributed by atoms with Crippen molar-refractivity contribution in [1.82, 2.24) is 0 Å². The highest BCUT2D eigenvalue weighted by molar-refractivity contribution is 9.10. The van der Waals surface area contributed by atoms with Crippen LogP contribution in [0.1, 0.15) is 18.5 Å². The molecule has 0 radical (unpaired) electrons. The molecule has 2 aromatic carbocycles. The standard InChI is InChI=1S/C15H14BrCl2NO2/c1-8(9-3-4-13(20)14(5-9)21-2)19-15-11(17)6-10(16)7-12(15)18/h3-8,19-20H,1-2H3. The van der Waals surface area contributed by atoms with Crippen LogP contribution in [-0.2, 0) is 0 Å². The Balaban J connectivity index is 2.28. The normalized spacial score (nSPS) is 12.0. The van der Waals surface area contributed by atoms with Crippen LogP contribution in [0.5, 0.6) is 11.5 Å². The average molecular weight is 391 g/mol. The van der Waals surface area contributed by atoms with Gasteiger partial charge in [0, 0.05) is 10.5 Å². The molecule has 0 aliphatic rings. The van der Waals surface area contributed by atoms with E-state index < -0.39 is 0 Å². The molecular formula is C15H14BrCl2NO2. The molecule has 1 unspecified atom stereocenters. The minimum absolute atomic E-state index is 0.0596. The third-order valence-corrected chi connectivity index (χ3v) is 4.13. The second-order valence-corrected chi connectivity index (χ2v) is 6.27. The third-order valence-electron chi connectivity index (χ3n) is 3.07. The van der Waals surface area contributed by atoms with Crippen molar-refractivity contribution >= 4 is 44.8 Å². The number of phenols is 1. The van der Waals surface area contributed by atoms with E-state index in [1.165, 1.54) is 7.11 Å². The Morgan fingerprint density at radius 1 is 1.19 bits per heavy atom. The Hall–Kier alpha value is -1.10. The highest BCUT2D eigenvalue weighted by Crippen LogP contribution is 2.37. The van der Waals surface area contributed by atoms with Crippen molar-refractivity contribution in [1.29, 1.82) is 0 Å². The van der Waals surface area contributed by atoms with Gasteiger partial charge in [-0.15, -0.1) is 0 Å². The zero-order valence-corrected chi connectivity index (χ0v) is 14.6. The van der Waals surface area contributed by atoms with Crippen molar-refractivity contribution in [3.05, 3.63) is 50.4 Å². The highest BCUT2D eigenvalue weighted by atomic mass is 79.9. The van der Waals surface area contributed by atoms with Crippen LogP contribution in [0.25, 0.3) is 0 Å². The van der Waals surface area contributed by atoms with Crippen LogP contribution in [0, 0.1) is 0 Å². The minimum atomic E-state index is -0.0596. The van der Waals surface area contributed by atoms with E-state index in [4.69, 9.17) is 27.9 Å². The van der Waals surface area contributed by atoms with Gasteiger partial charge in [-0.05, 0) is 36.8 Å². The molecule has 0 spiro atoms. The molecule has 6 heteroatoms. The molecule has 3 nitrogen and oxygen atoms in total. The van der Waals surface area contributed by atoms with Gasteiger partial charge in [0.25, 0.3) is 0 Å². The molecule has 0 aromatic heterocycles. The van der Waals surface area contributed by atoms with Crippen LogP contribution >= 0.6 is 39.1 Å². The molecule has 0 aliphatic heterocycles. The van der Waals surface area contributed by atoms with Crippen molar-refractivity contribution in [3.8, 4) is 11.5 Å². The van der Waals surface area contributed by atoms with E-state index in [1.807, 2.05) is 13.0 Å². The van der Waals surface area contributed by atoms with Gasteiger partial charge in [-0.1, -0.05) is 45.2 Å². The minimum Gasteiger partial charge on any atom is -0.504 e. The van der Waals surface area contributed by atoms with E-state index in [9.17, 15) is 5.11 Å². The van der Waals surface area contributed by atoms with Crippen molar-refractivity contribution in [2.75, 3.05) is 12.4 Å². The molecule has 0 heterocycles. The number of benzene rings is 2. The average Bonchev–Trinajstić information content (AvgIpc) is 2.43. The SMILES string of the molecule is COc1cc(C(C)Nc2c(Cl)cc(Br)cc2Cl)ccc1O. The Bertz CT molecular complexity index is 641. The number of halogens is 3. The number of ether oxygens (including phenoxy) is 1. The van der Waals surface area contributed by atoms with Crippen molar-refractivity contribution in [2.24, 2.45) is 0 Å². The van der Waals surface area contributed by atoms with Crippen LogP contribution in [0.2, 0.25) is 10.0 Å². The largest absolute Gasteiger partial charge is 0.504 e. The van der Waals surface area contributed by atoms with Gasteiger partial charge in [0.2, 0.25) is 0 Å². The summed E-state index contributed by atoms with van der Waals surface area (Å²) in [5.74, 6) is 0.530. The molecule has 1 atom stereocenters. The maximum atomic E-state index is 9.63. The monoisotopic (exact) mass is 389 g/mol. The molecule has 2 aromatic rings. The Morgan fingerprint density at radius 2 is 1.81 bits per heavy atom. The summed E-state index contributed by atoms with van der Waals surface area (Å²) in [5.41, 5.74) is 1.61. The predicted octanol–water partition coefficient (Wildman–Crippen LogP) is 5.64. The first-order chi connectivity index (χ1) is 9.92. The van der Waals surface area contributed by atoms with Gasteiger partial charge in [-0.2, -0.15) is 0 Å². The molecule has 21 heavy (non-hydrogen) atoms. The van der Waals surface area contributed by atoms with E-state index >= 15 is 0 Å². The smallest absolute Gasteiger partial charge is 0.160 e. The van der Waals surface area contributed by atoms with E-state index in [0.29, 0.717) is 21.5 Å². The van der Waals surface area contributed by atoms with Gasteiger partial charge in [0.05, 0.1) is 22.8 Å². The third kappa shape index (κ3) is 3.76. The van der Waals surface area contributed by atoms with Crippen molar-refractivity contribution < 1.29 is 9.84 Å². The van der Waals surface area contributed by atoms with E-state index in [-0.39, 0.29) is 11.8 Å². The van der Waals surface area contributed by atoms with Crippen LogP contribution in [0.15, 0.2) is 34.8 Å². The van der Waals surface area contributed by atoms with Gasteiger partial charge in [0.1, 0.15) is 0 Å². The first kappa shape index (κ1) is 16.3. The van der Waals surface area contributed by atoms with Gasteiger partial charge >= 0.3 is 0 Å². The summed E-state index contributed by atoms with van der Waals surface area (Å²) in [7, 11) is 1.51. The van der Waals surface area contributed by atoms with Crippen LogP contribution < -0.4 is 10.1 Å². The summed E-state index contributed by atoms with van der Waals surface area (Å²) in [5, 5.41) is 14.0. The topological polar surface area (TPSA) is 41.5 Å². The lowest BCUT2D eigenvalue weighted by molar-refractivity contribution is 0.373. The summed E-state index contributed by atoms with van der Waals surface area (Å²) < 4.78 is 5.93. The Labute approximate surface area is 142 Å². The summed E-state index contributed by atoms with van der Waals surface area (Å²) in [6.07, 6.45) is 0. The van der Waals surface area contributed by atoms with Gasteiger partial charge < -0.3 is 15.2 Å². The number of hydrogen-bond donors (Lipinski definition) is 2. The number of aromatic hydroxyl groups is 1. The molecule has 2 N–H and O–H groups in total. The highest BCUT2D eigenvalue weighted by Gasteiger charge is 2.13. The quantitative estimate of drug-likeness (QED) is 0.709. The number of anilines is 1. The second kappa shape index (κ2) is 6.77. The lowest BCUT2D eigenvalue weighted by atomic mass is 10.1. The molecule has 0 amide bonds. The first-order valence-corrected chi connectivity index (χ1v) is 7.75. The number of methoxy groups -OCH3 is 1. The first-order valence-electron chi connectivity index (χ1n) is 6.20. The summed E-state index contributed by atoms with van der Waals surface area (Å²) >= 11 is 15.8. The van der Waals surface area contributed by atoms with Crippen LogP contribution in [0.4, 0.5) is 5.69 Å². The molecule has 0 fully saturated rings. The lowest BCUT2D eigenvalue weighted by Gasteiger charge is -2.19. The van der Waals surface area contributed by atoms with E-state index in [1.54, 1.807) is 24.3 Å². The summed E-state index contributed by atoms with van der Waals surface area (Å²) in [6.45, 7) is 1.97. The predicted molar refractivity (Wildman–Crippen MR) is 90.9 cm³/mol. The number of rotatable bonds is 4. The molecular weight excluding hydrogens is 377 g/mol. The van der Waals surface area contributed by atoms with E-state index in [0.717, 1.165) is 10.0 Å². The van der Waals surface area contributed by atoms with Gasteiger partial charge in [-0.25, -0.2) is 0 Å². The Morgan fingerprint density at radius 3 is 2.38 bits per heavy atom. The number of phenolic OH excluding ortho intramolecular Hbond substituents is 1. The summed E-state index contributed by atoms with van der Waals surface area (Å²) in [6, 6.07) is 8.68. The molecule has 0 saturated heterocycles. The summed E-state index contributed by atoms with van der Waals surface area (Å²) in [4.78, 5) is 0. The lowest BCUT2D eigenvalue weighted by Crippen LogP contribution is -2.07. The zero-order valence-electron chi connectivity index (χ0n) is 11.5. The molecule has 112 valence electrons. The van der Waals surface area contributed by atoms with Crippen LogP contribution in [0.3, 0.4) is 0 Å². The van der Waals surface area contributed by atoms with Crippen molar-refractivity contribution in [3.63, 3.8) is 0 Å². The van der Waals surface area contributed by atoms with E-state index in [2.05, 4.69) is 21.2 Å². The van der Waals surface area contributed by atoms with Gasteiger partial charge in [0.15, 0.2) is 11.5 Å². The fourth-order valence-electron chi connectivity index (χ4n) is 1.94. The zero-order chi connectivity index (χ0) is 15.6. The fourth-order valence-corrected chi connectivity index (χ4v) is 3.26. The second-order valence-electron chi connectivity index (χ2n) is 4.54. The van der Waals surface area contributed by atoms with Crippen molar-refractivity contribution in [2.45, 2.75) is 13.0 Å². The maximum absolute atomic E-state index is 9.63. The van der Waals surface area contributed by atoms with Gasteiger partial charge in [-0.3, -0.25) is 0 Å². The number of nitrogens with one attached hydrogen (secondary N) is 1. The molecule has 0 saturated carbocycles. The van der Waals surface area contributed by atoms with Crippen LogP contribution in [-0.4, -0.2) is 12.2 Å². The molecule has 0 aliphatic carbocycles. The molecule has 2 rings (SSSR count).